The van der Waals surface area contributed by atoms with Crippen molar-refractivity contribution in [3.05, 3.63) is 53.1 Å². The molecule has 0 aromatic heterocycles. The fourth-order valence-corrected chi connectivity index (χ4v) is 3.20. The van der Waals surface area contributed by atoms with Crippen molar-refractivity contribution in [1.82, 2.24) is 0 Å². The first-order chi connectivity index (χ1) is 11.9. The van der Waals surface area contributed by atoms with E-state index >= 15 is 0 Å². The first-order valence-electron chi connectivity index (χ1n) is 7.64. The molecule has 0 heterocycles. The van der Waals surface area contributed by atoms with E-state index in [0.29, 0.717) is 6.54 Å². The highest BCUT2D eigenvalue weighted by Crippen LogP contribution is 2.35. The zero-order valence-electron chi connectivity index (χ0n) is 14.6. The SMILES string of the molecule is Cc1cc(N(C)C)ccc1CNc1ccc(S(N)(=O)=O)c(C(F)(F)F)c1. The van der Waals surface area contributed by atoms with Crippen LogP contribution in [-0.2, 0) is 22.7 Å². The number of rotatable bonds is 5. The molecule has 0 radical (unpaired) electrons. The number of hydrogen-bond donors (Lipinski definition) is 2. The van der Waals surface area contributed by atoms with Crippen LogP contribution < -0.4 is 15.4 Å². The van der Waals surface area contributed by atoms with Gasteiger partial charge in [-0.1, -0.05) is 6.07 Å². The van der Waals surface area contributed by atoms with Crippen LogP contribution in [0, 0.1) is 6.92 Å². The Morgan fingerprint density at radius 3 is 2.27 bits per heavy atom. The monoisotopic (exact) mass is 387 g/mol. The topological polar surface area (TPSA) is 75.4 Å². The second-order valence-electron chi connectivity index (χ2n) is 6.11. The average molecular weight is 387 g/mol. The van der Waals surface area contributed by atoms with Gasteiger partial charge in [-0.15, -0.1) is 0 Å². The minimum absolute atomic E-state index is 0.154. The summed E-state index contributed by atoms with van der Waals surface area (Å²) in [7, 11) is -0.642. The Balaban J connectivity index is 2.29. The van der Waals surface area contributed by atoms with E-state index in [4.69, 9.17) is 5.14 Å². The van der Waals surface area contributed by atoms with Crippen molar-refractivity contribution in [2.24, 2.45) is 5.14 Å². The van der Waals surface area contributed by atoms with E-state index in [2.05, 4.69) is 5.32 Å². The molecule has 2 aromatic rings. The number of halogens is 3. The zero-order valence-corrected chi connectivity index (χ0v) is 15.4. The van der Waals surface area contributed by atoms with Gasteiger partial charge in [0, 0.05) is 32.0 Å². The van der Waals surface area contributed by atoms with E-state index in [1.165, 1.54) is 6.07 Å². The molecular formula is C17H20F3N3O2S. The zero-order chi connectivity index (χ0) is 19.7. The fourth-order valence-electron chi connectivity index (χ4n) is 2.46. The van der Waals surface area contributed by atoms with Crippen LogP contribution in [-0.4, -0.2) is 22.5 Å². The van der Waals surface area contributed by atoms with Gasteiger partial charge in [-0.05, 0) is 48.4 Å². The molecule has 142 valence electrons. The van der Waals surface area contributed by atoms with E-state index < -0.39 is 26.7 Å². The summed E-state index contributed by atoms with van der Waals surface area (Å²) in [5.74, 6) is 0. The largest absolute Gasteiger partial charge is 0.417 e. The van der Waals surface area contributed by atoms with Crippen LogP contribution in [0.2, 0.25) is 0 Å². The van der Waals surface area contributed by atoms with E-state index in [9.17, 15) is 21.6 Å². The van der Waals surface area contributed by atoms with Gasteiger partial charge in [-0.3, -0.25) is 0 Å². The Hall–Kier alpha value is -2.26. The molecule has 0 amide bonds. The summed E-state index contributed by atoms with van der Waals surface area (Å²) in [5, 5.41) is 7.77. The number of nitrogens with one attached hydrogen (secondary N) is 1. The number of aryl methyl sites for hydroxylation is 1. The standard InChI is InChI=1S/C17H20F3N3O2S/c1-11-8-14(23(2)3)6-4-12(11)10-22-13-5-7-16(26(21,24)25)15(9-13)17(18,19)20/h4-9,22H,10H2,1-3H3,(H2,21,24,25). The summed E-state index contributed by atoms with van der Waals surface area (Å²) < 4.78 is 62.2. The van der Waals surface area contributed by atoms with Gasteiger partial charge in [0.15, 0.2) is 0 Å². The van der Waals surface area contributed by atoms with Crippen molar-refractivity contribution in [1.29, 1.82) is 0 Å². The van der Waals surface area contributed by atoms with Gasteiger partial charge < -0.3 is 10.2 Å². The van der Waals surface area contributed by atoms with Crippen LogP contribution in [0.15, 0.2) is 41.3 Å². The maximum atomic E-state index is 13.2. The molecule has 0 aliphatic rings. The van der Waals surface area contributed by atoms with E-state index in [1.807, 2.05) is 44.1 Å². The molecule has 0 bridgehead atoms. The normalized spacial score (nSPS) is 12.1. The first kappa shape index (κ1) is 20.1. The number of hydrogen-bond acceptors (Lipinski definition) is 4. The van der Waals surface area contributed by atoms with Crippen LogP contribution in [0.3, 0.4) is 0 Å². The lowest BCUT2D eigenvalue weighted by Crippen LogP contribution is -2.19. The van der Waals surface area contributed by atoms with Crippen molar-refractivity contribution in [3.8, 4) is 0 Å². The predicted octanol–water partition coefficient (Wildman–Crippen LogP) is 3.34. The van der Waals surface area contributed by atoms with Gasteiger partial charge in [-0.2, -0.15) is 13.2 Å². The third-order valence-electron chi connectivity index (χ3n) is 3.92. The summed E-state index contributed by atoms with van der Waals surface area (Å²) in [6.07, 6.45) is -4.83. The summed E-state index contributed by atoms with van der Waals surface area (Å²) in [5.41, 5.74) is 1.79. The molecule has 9 heteroatoms. The summed E-state index contributed by atoms with van der Waals surface area (Å²) >= 11 is 0. The molecule has 0 saturated heterocycles. The van der Waals surface area contributed by atoms with Crippen LogP contribution >= 0.6 is 0 Å². The van der Waals surface area contributed by atoms with Crippen LogP contribution in [0.1, 0.15) is 16.7 Å². The lowest BCUT2D eigenvalue weighted by atomic mass is 10.1. The van der Waals surface area contributed by atoms with Crippen LogP contribution in [0.5, 0.6) is 0 Å². The quantitative estimate of drug-likeness (QED) is 0.825. The second-order valence-corrected chi connectivity index (χ2v) is 7.64. The second kappa shape index (κ2) is 7.16. The van der Waals surface area contributed by atoms with Crippen molar-refractivity contribution in [2.45, 2.75) is 24.5 Å². The summed E-state index contributed by atoms with van der Waals surface area (Å²) in [6, 6.07) is 8.66. The molecule has 2 aromatic carbocycles. The molecule has 3 N–H and O–H groups in total. The Labute approximate surface area is 150 Å². The van der Waals surface area contributed by atoms with Gasteiger partial charge in [0.1, 0.15) is 0 Å². The minimum atomic E-state index is -4.83. The maximum absolute atomic E-state index is 13.2. The lowest BCUT2D eigenvalue weighted by molar-refractivity contribution is -0.139. The Morgan fingerprint density at radius 1 is 1.12 bits per heavy atom. The highest BCUT2D eigenvalue weighted by Gasteiger charge is 2.36. The van der Waals surface area contributed by atoms with Crippen molar-refractivity contribution >= 4 is 21.4 Å². The first-order valence-corrected chi connectivity index (χ1v) is 9.19. The molecular weight excluding hydrogens is 367 g/mol. The molecule has 2 rings (SSSR count). The Morgan fingerprint density at radius 2 is 1.77 bits per heavy atom. The molecule has 0 aliphatic carbocycles. The fraction of sp³-hybridized carbons (Fsp3) is 0.294. The third-order valence-corrected chi connectivity index (χ3v) is 4.89. The third kappa shape index (κ3) is 4.67. The number of benzene rings is 2. The molecule has 0 saturated carbocycles. The average Bonchev–Trinajstić information content (AvgIpc) is 2.51. The van der Waals surface area contributed by atoms with Crippen molar-refractivity contribution in [2.75, 3.05) is 24.3 Å². The van der Waals surface area contributed by atoms with Gasteiger partial charge in [0.2, 0.25) is 10.0 Å². The Bertz CT molecular complexity index is 910. The summed E-state index contributed by atoms with van der Waals surface area (Å²) in [6.45, 7) is 2.21. The van der Waals surface area contributed by atoms with Crippen LogP contribution in [0.4, 0.5) is 24.5 Å². The molecule has 0 atom stereocenters. The van der Waals surface area contributed by atoms with Crippen LogP contribution in [0.25, 0.3) is 0 Å². The maximum Gasteiger partial charge on any atom is 0.417 e. The molecule has 0 unspecified atom stereocenters. The van der Waals surface area contributed by atoms with Gasteiger partial charge in [0.05, 0.1) is 10.5 Å². The van der Waals surface area contributed by atoms with Crippen molar-refractivity contribution in [3.63, 3.8) is 0 Å². The number of sulfonamides is 1. The Kier molecular flexibility index (Phi) is 5.52. The van der Waals surface area contributed by atoms with Gasteiger partial charge in [0.25, 0.3) is 0 Å². The predicted molar refractivity (Wildman–Crippen MR) is 95.6 cm³/mol. The summed E-state index contributed by atoms with van der Waals surface area (Å²) in [4.78, 5) is 1.01. The molecule has 0 fully saturated rings. The van der Waals surface area contributed by atoms with E-state index in [-0.39, 0.29) is 5.69 Å². The van der Waals surface area contributed by atoms with Gasteiger partial charge >= 0.3 is 6.18 Å². The number of nitrogens with two attached hydrogens (primary N) is 1. The smallest absolute Gasteiger partial charge is 0.381 e. The minimum Gasteiger partial charge on any atom is -0.381 e. The van der Waals surface area contributed by atoms with Crippen molar-refractivity contribution < 1.29 is 21.6 Å². The number of alkyl halides is 3. The van der Waals surface area contributed by atoms with Gasteiger partial charge in [-0.25, -0.2) is 13.6 Å². The number of nitrogens with zero attached hydrogens (tertiary/aromatic N) is 1. The highest BCUT2D eigenvalue weighted by atomic mass is 32.2. The number of primary sulfonamides is 1. The lowest BCUT2D eigenvalue weighted by Gasteiger charge is -2.17. The van der Waals surface area contributed by atoms with E-state index in [1.54, 1.807) is 0 Å². The molecule has 0 aliphatic heterocycles. The molecule has 0 spiro atoms. The molecule has 5 nitrogen and oxygen atoms in total. The van der Waals surface area contributed by atoms with E-state index in [0.717, 1.165) is 28.9 Å². The molecule has 26 heavy (non-hydrogen) atoms. The highest BCUT2D eigenvalue weighted by molar-refractivity contribution is 7.89. The number of anilines is 2.